The van der Waals surface area contributed by atoms with Crippen LogP contribution in [0.1, 0.15) is 44.7 Å². The Kier molecular flexibility index (Phi) is 4.15. The average Bonchev–Trinajstić information content (AvgIpc) is 2.79. The summed E-state index contributed by atoms with van der Waals surface area (Å²) in [5.41, 5.74) is 3.10. The molecule has 1 heterocycles. The molecule has 2 rings (SSSR count). The Morgan fingerprint density at radius 1 is 1.53 bits per heavy atom. The van der Waals surface area contributed by atoms with E-state index in [1.165, 1.54) is 37.8 Å². The molecule has 2 atom stereocenters. The summed E-state index contributed by atoms with van der Waals surface area (Å²) >= 11 is 1.68. The molecule has 0 aromatic carbocycles. The van der Waals surface area contributed by atoms with Crippen molar-refractivity contribution in [3.8, 4) is 0 Å². The second-order valence-electron chi connectivity index (χ2n) is 4.50. The van der Waals surface area contributed by atoms with E-state index >= 15 is 0 Å². The van der Waals surface area contributed by atoms with Gasteiger partial charge in [0, 0.05) is 18.0 Å². The molecule has 1 aliphatic rings. The Hall–Kier alpha value is -0.410. The van der Waals surface area contributed by atoms with Crippen molar-refractivity contribution in [2.45, 2.75) is 51.6 Å². The van der Waals surface area contributed by atoms with Crippen molar-refractivity contribution in [3.05, 3.63) is 16.6 Å². The molecule has 1 aliphatic carbocycles. The van der Waals surface area contributed by atoms with Gasteiger partial charge in [-0.2, -0.15) is 0 Å². The normalized spacial score (nSPS) is 26.7. The van der Waals surface area contributed by atoms with Crippen LogP contribution in [0.4, 0.5) is 0 Å². The van der Waals surface area contributed by atoms with Gasteiger partial charge in [0.1, 0.15) is 0 Å². The Labute approximate surface area is 96.1 Å². The van der Waals surface area contributed by atoms with Crippen molar-refractivity contribution in [2.24, 2.45) is 5.92 Å². The summed E-state index contributed by atoms with van der Waals surface area (Å²) in [4.78, 5) is 4.30. The third-order valence-corrected chi connectivity index (χ3v) is 4.05. The van der Waals surface area contributed by atoms with Crippen LogP contribution in [-0.4, -0.2) is 11.0 Å². The van der Waals surface area contributed by atoms with E-state index in [2.05, 4.69) is 22.6 Å². The summed E-state index contributed by atoms with van der Waals surface area (Å²) in [6.45, 7) is 3.26. The summed E-state index contributed by atoms with van der Waals surface area (Å²) in [6, 6.07) is 0.727. The van der Waals surface area contributed by atoms with Gasteiger partial charge in [0.25, 0.3) is 0 Å². The molecule has 2 unspecified atom stereocenters. The van der Waals surface area contributed by atoms with Crippen molar-refractivity contribution in [3.63, 3.8) is 0 Å². The van der Waals surface area contributed by atoms with Gasteiger partial charge in [-0.1, -0.05) is 26.2 Å². The lowest BCUT2D eigenvalue weighted by atomic mass is 9.84. The average molecular weight is 224 g/mol. The fourth-order valence-electron chi connectivity index (χ4n) is 2.42. The van der Waals surface area contributed by atoms with E-state index in [0.717, 1.165) is 18.5 Å². The number of nitrogens with one attached hydrogen (secondary N) is 1. The van der Waals surface area contributed by atoms with Gasteiger partial charge in [0.2, 0.25) is 0 Å². The van der Waals surface area contributed by atoms with Gasteiger partial charge in [-0.15, -0.1) is 11.3 Å². The van der Waals surface area contributed by atoms with E-state index in [4.69, 9.17) is 0 Å². The SMILES string of the molecule is CCC1CCCC(NCc2cscn2)C1. The Balaban J connectivity index is 1.74. The highest BCUT2D eigenvalue weighted by molar-refractivity contribution is 7.07. The third-order valence-electron chi connectivity index (χ3n) is 3.42. The minimum absolute atomic E-state index is 0.727. The second-order valence-corrected chi connectivity index (χ2v) is 5.22. The molecule has 0 amide bonds. The molecule has 0 saturated heterocycles. The molecular formula is C12H20N2S. The highest BCUT2D eigenvalue weighted by Crippen LogP contribution is 2.26. The van der Waals surface area contributed by atoms with Gasteiger partial charge in [-0.05, 0) is 18.8 Å². The van der Waals surface area contributed by atoms with Crippen LogP contribution in [0.15, 0.2) is 10.9 Å². The standard InChI is InChI=1S/C12H20N2S/c1-2-10-4-3-5-11(6-10)13-7-12-8-15-9-14-12/h8-11,13H,2-7H2,1H3. The van der Waals surface area contributed by atoms with Crippen molar-refractivity contribution in [1.82, 2.24) is 10.3 Å². The van der Waals surface area contributed by atoms with Crippen LogP contribution in [-0.2, 0) is 6.54 Å². The molecule has 3 heteroatoms. The molecule has 15 heavy (non-hydrogen) atoms. The van der Waals surface area contributed by atoms with Gasteiger partial charge in [-0.25, -0.2) is 4.98 Å². The Morgan fingerprint density at radius 3 is 3.20 bits per heavy atom. The predicted molar refractivity (Wildman–Crippen MR) is 65.0 cm³/mol. The van der Waals surface area contributed by atoms with Gasteiger partial charge in [-0.3, -0.25) is 0 Å². The summed E-state index contributed by atoms with van der Waals surface area (Å²) in [7, 11) is 0. The molecule has 0 spiro atoms. The van der Waals surface area contributed by atoms with Gasteiger partial charge in [0.05, 0.1) is 11.2 Å². The topological polar surface area (TPSA) is 24.9 Å². The molecule has 1 fully saturated rings. The summed E-state index contributed by atoms with van der Waals surface area (Å²) in [6.07, 6.45) is 6.88. The van der Waals surface area contributed by atoms with E-state index in [1.807, 2.05) is 5.51 Å². The zero-order valence-electron chi connectivity index (χ0n) is 9.41. The molecule has 1 saturated carbocycles. The van der Waals surface area contributed by atoms with Crippen LogP contribution in [0.25, 0.3) is 0 Å². The summed E-state index contributed by atoms with van der Waals surface area (Å²) < 4.78 is 0. The van der Waals surface area contributed by atoms with Crippen LogP contribution in [0.5, 0.6) is 0 Å². The quantitative estimate of drug-likeness (QED) is 0.849. The number of aromatic nitrogens is 1. The largest absolute Gasteiger partial charge is 0.308 e. The zero-order valence-corrected chi connectivity index (χ0v) is 10.2. The maximum absolute atomic E-state index is 4.30. The van der Waals surface area contributed by atoms with E-state index in [0.29, 0.717) is 0 Å². The minimum Gasteiger partial charge on any atom is -0.308 e. The lowest BCUT2D eigenvalue weighted by molar-refractivity contribution is 0.278. The predicted octanol–water partition coefficient (Wildman–Crippen LogP) is 3.20. The van der Waals surface area contributed by atoms with Crippen LogP contribution >= 0.6 is 11.3 Å². The summed E-state index contributed by atoms with van der Waals surface area (Å²) in [5, 5.41) is 5.76. The lowest BCUT2D eigenvalue weighted by Crippen LogP contribution is -2.33. The molecule has 84 valence electrons. The number of rotatable bonds is 4. The first-order valence-electron chi connectivity index (χ1n) is 5.99. The van der Waals surface area contributed by atoms with Gasteiger partial charge >= 0.3 is 0 Å². The number of hydrogen-bond donors (Lipinski definition) is 1. The van der Waals surface area contributed by atoms with Crippen LogP contribution in [0.2, 0.25) is 0 Å². The molecule has 0 radical (unpaired) electrons. The van der Waals surface area contributed by atoms with E-state index in [1.54, 1.807) is 11.3 Å². The first-order valence-corrected chi connectivity index (χ1v) is 6.93. The number of hydrogen-bond acceptors (Lipinski definition) is 3. The van der Waals surface area contributed by atoms with E-state index in [9.17, 15) is 0 Å². The molecule has 1 aromatic rings. The minimum atomic E-state index is 0.727. The molecule has 1 aromatic heterocycles. The first kappa shape index (κ1) is 11.1. The van der Waals surface area contributed by atoms with Crippen LogP contribution in [0.3, 0.4) is 0 Å². The van der Waals surface area contributed by atoms with Crippen molar-refractivity contribution < 1.29 is 0 Å². The monoisotopic (exact) mass is 224 g/mol. The Bertz CT molecular complexity index is 271. The fraction of sp³-hybridized carbons (Fsp3) is 0.750. The molecule has 1 N–H and O–H groups in total. The molecular weight excluding hydrogens is 204 g/mol. The van der Waals surface area contributed by atoms with Gasteiger partial charge in [0.15, 0.2) is 0 Å². The molecule has 0 aliphatic heterocycles. The van der Waals surface area contributed by atoms with E-state index in [-0.39, 0.29) is 0 Å². The number of thiazole rings is 1. The summed E-state index contributed by atoms with van der Waals surface area (Å²) in [5.74, 6) is 0.951. The highest BCUT2D eigenvalue weighted by atomic mass is 32.1. The lowest BCUT2D eigenvalue weighted by Gasteiger charge is -2.29. The first-order chi connectivity index (χ1) is 7.38. The van der Waals surface area contributed by atoms with E-state index < -0.39 is 0 Å². The van der Waals surface area contributed by atoms with Crippen molar-refractivity contribution in [2.75, 3.05) is 0 Å². The van der Waals surface area contributed by atoms with Gasteiger partial charge < -0.3 is 5.32 Å². The second kappa shape index (κ2) is 5.61. The number of nitrogens with zero attached hydrogens (tertiary/aromatic N) is 1. The zero-order chi connectivity index (χ0) is 10.5. The van der Waals surface area contributed by atoms with Crippen LogP contribution in [0, 0.1) is 5.92 Å². The van der Waals surface area contributed by atoms with Crippen molar-refractivity contribution in [1.29, 1.82) is 0 Å². The van der Waals surface area contributed by atoms with Crippen molar-refractivity contribution >= 4 is 11.3 Å². The third kappa shape index (κ3) is 3.28. The smallest absolute Gasteiger partial charge is 0.0795 e. The highest BCUT2D eigenvalue weighted by Gasteiger charge is 2.20. The fourth-order valence-corrected chi connectivity index (χ4v) is 2.98. The van der Waals surface area contributed by atoms with Crippen LogP contribution < -0.4 is 5.32 Å². The molecule has 0 bridgehead atoms. The maximum Gasteiger partial charge on any atom is 0.0795 e. The maximum atomic E-state index is 4.30. The molecule has 2 nitrogen and oxygen atoms in total. The Morgan fingerprint density at radius 2 is 2.47 bits per heavy atom.